The van der Waals surface area contributed by atoms with E-state index in [1.54, 1.807) is 0 Å². The SMILES string of the molecule is CC1(CNCc2cn3ccccc3n2)CCCC1. The van der Waals surface area contributed by atoms with Crippen molar-refractivity contribution in [2.24, 2.45) is 5.41 Å². The van der Waals surface area contributed by atoms with Crippen molar-refractivity contribution in [2.45, 2.75) is 39.2 Å². The third kappa shape index (κ3) is 2.41. The van der Waals surface area contributed by atoms with E-state index < -0.39 is 0 Å². The number of hydrogen-bond acceptors (Lipinski definition) is 2. The van der Waals surface area contributed by atoms with E-state index in [0.29, 0.717) is 5.41 Å². The molecule has 18 heavy (non-hydrogen) atoms. The Bertz CT molecular complexity index is 490. The molecule has 0 spiro atoms. The number of nitrogens with zero attached hydrogens (tertiary/aromatic N) is 2. The van der Waals surface area contributed by atoms with Crippen LogP contribution in [0, 0.1) is 5.41 Å². The highest BCUT2D eigenvalue weighted by Gasteiger charge is 2.27. The minimum absolute atomic E-state index is 0.513. The van der Waals surface area contributed by atoms with Gasteiger partial charge in [0.2, 0.25) is 0 Å². The van der Waals surface area contributed by atoms with E-state index in [1.165, 1.54) is 25.7 Å². The quantitative estimate of drug-likeness (QED) is 0.894. The van der Waals surface area contributed by atoms with Crippen molar-refractivity contribution in [2.75, 3.05) is 6.54 Å². The molecule has 0 amide bonds. The first-order chi connectivity index (χ1) is 8.75. The summed E-state index contributed by atoms with van der Waals surface area (Å²) in [6.45, 7) is 4.38. The van der Waals surface area contributed by atoms with Crippen LogP contribution in [0.15, 0.2) is 30.6 Å². The number of pyridine rings is 1. The molecule has 3 nitrogen and oxygen atoms in total. The van der Waals surface area contributed by atoms with Crippen LogP contribution in [0.4, 0.5) is 0 Å². The fourth-order valence-electron chi connectivity index (χ4n) is 2.97. The fourth-order valence-corrected chi connectivity index (χ4v) is 2.97. The molecular weight excluding hydrogens is 222 g/mol. The normalized spacial score (nSPS) is 18.5. The Morgan fingerprint density at radius 3 is 2.94 bits per heavy atom. The molecule has 0 unspecified atom stereocenters. The minimum Gasteiger partial charge on any atom is -0.311 e. The topological polar surface area (TPSA) is 29.3 Å². The number of aromatic nitrogens is 2. The Labute approximate surface area is 108 Å². The van der Waals surface area contributed by atoms with E-state index in [-0.39, 0.29) is 0 Å². The highest BCUT2D eigenvalue weighted by Crippen LogP contribution is 2.36. The van der Waals surface area contributed by atoms with Crippen LogP contribution in [0.2, 0.25) is 0 Å². The van der Waals surface area contributed by atoms with Crippen molar-refractivity contribution < 1.29 is 0 Å². The molecule has 0 aromatic carbocycles. The zero-order valence-corrected chi connectivity index (χ0v) is 11.0. The number of fused-ring (bicyclic) bond motifs is 1. The maximum atomic E-state index is 4.60. The van der Waals surface area contributed by atoms with Gasteiger partial charge in [0, 0.05) is 25.5 Å². The van der Waals surface area contributed by atoms with Crippen molar-refractivity contribution in [3.05, 3.63) is 36.3 Å². The lowest BCUT2D eigenvalue weighted by atomic mass is 9.89. The van der Waals surface area contributed by atoms with Crippen LogP contribution >= 0.6 is 0 Å². The predicted octanol–water partition coefficient (Wildman–Crippen LogP) is 3.00. The molecule has 3 rings (SSSR count). The summed E-state index contributed by atoms with van der Waals surface area (Å²) in [7, 11) is 0. The number of hydrogen-bond donors (Lipinski definition) is 1. The van der Waals surface area contributed by atoms with Gasteiger partial charge in [-0.2, -0.15) is 0 Å². The smallest absolute Gasteiger partial charge is 0.137 e. The van der Waals surface area contributed by atoms with E-state index in [4.69, 9.17) is 0 Å². The van der Waals surface area contributed by atoms with Crippen LogP contribution in [0.5, 0.6) is 0 Å². The van der Waals surface area contributed by atoms with Gasteiger partial charge >= 0.3 is 0 Å². The highest BCUT2D eigenvalue weighted by molar-refractivity contribution is 5.39. The second kappa shape index (κ2) is 4.73. The highest BCUT2D eigenvalue weighted by atomic mass is 15.0. The minimum atomic E-state index is 0.513. The van der Waals surface area contributed by atoms with Crippen LogP contribution in [0.1, 0.15) is 38.3 Å². The van der Waals surface area contributed by atoms with Crippen LogP contribution < -0.4 is 5.32 Å². The van der Waals surface area contributed by atoms with Gasteiger partial charge in [0.25, 0.3) is 0 Å². The zero-order chi connectivity index (χ0) is 12.4. The molecule has 0 bridgehead atoms. The Morgan fingerprint density at radius 1 is 1.33 bits per heavy atom. The van der Waals surface area contributed by atoms with Crippen molar-refractivity contribution >= 4 is 5.65 Å². The lowest BCUT2D eigenvalue weighted by Gasteiger charge is -2.23. The molecule has 96 valence electrons. The molecule has 1 aliphatic carbocycles. The van der Waals surface area contributed by atoms with Crippen LogP contribution in [0.3, 0.4) is 0 Å². The van der Waals surface area contributed by atoms with E-state index in [0.717, 1.165) is 24.4 Å². The Morgan fingerprint density at radius 2 is 2.17 bits per heavy atom. The maximum Gasteiger partial charge on any atom is 0.137 e. The van der Waals surface area contributed by atoms with Crippen molar-refractivity contribution in [1.82, 2.24) is 14.7 Å². The van der Waals surface area contributed by atoms with Gasteiger partial charge in [0.05, 0.1) is 5.69 Å². The molecule has 2 heterocycles. The lowest BCUT2D eigenvalue weighted by Crippen LogP contribution is -2.29. The van der Waals surface area contributed by atoms with Gasteiger partial charge in [-0.1, -0.05) is 25.8 Å². The van der Waals surface area contributed by atoms with E-state index >= 15 is 0 Å². The van der Waals surface area contributed by atoms with Gasteiger partial charge < -0.3 is 9.72 Å². The summed E-state index contributed by atoms with van der Waals surface area (Å²) in [5.41, 5.74) is 2.67. The van der Waals surface area contributed by atoms with Crippen molar-refractivity contribution in [3.8, 4) is 0 Å². The average molecular weight is 243 g/mol. The molecule has 2 aromatic heterocycles. The molecule has 2 aromatic rings. The second-order valence-corrected chi connectivity index (χ2v) is 5.82. The molecule has 0 saturated heterocycles. The molecule has 1 N–H and O–H groups in total. The molecule has 1 fully saturated rings. The van der Waals surface area contributed by atoms with Crippen LogP contribution in [0.25, 0.3) is 5.65 Å². The molecule has 0 aliphatic heterocycles. The van der Waals surface area contributed by atoms with Gasteiger partial charge in [-0.3, -0.25) is 0 Å². The first kappa shape index (κ1) is 11.7. The van der Waals surface area contributed by atoms with Gasteiger partial charge in [-0.25, -0.2) is 4.98 Å². The summed E-state index contributed by atoms with van der Waals surface area (Å²) >= 11 is 0. The molecule has 0 atom stereocenters. The standard InChI is InChI=1S/C15H21N3/c1-15(7-3-4-8-15)12-16-10-13-11-18-9-5-2-6-14(18)17-13/h2,5-6,9,11,16H,3-4,7-8,10,12H2,1H3. The summed E-state index contributed by atoms with van der Waals surface area (Å²) in [5, 5.41) is 3.57. The van der Waals surface area contributed by atoms with E-state index in [9.17, 15) is 0 Å². The monoisotopic (exact) mass is 243 g/mol. The van der Waals surface area contributed by atoms with Gasteiger partial charge in [-0.05, 0) is 30.4 Å². The summed E-state index contributed by atoms with van der Waals surface area (Å²) in [5.74, 6) is 0. The molecule has 1 saturated carbocycles. The van der Waals surface area contributed by atoms with Crippen LogP contribution in [-0.2, 0) is 6.54 Å². The van der Waals surface area contributed by atoms with Gasteiger partial charge in [-0.15, -0.1) is 0 Å². The maximum absolute atomic E-state index is 4.60. The molecule has 3 heteroatoms. The third-order valence-electron chi connectivity index (χ3n) is 4.08. The van der Waals surface area contributed by atoms with Crippen LogP contribution in [-0.4, -0.2) is 15.9 Å². The summed E-state index contributed by atoms with van der Waals surface area (Å²) in [4.78, 5) is 4.60. The largest absolute Gasteiger partial charge is 0.311 e. The molecule has 1 aliphatic rings. The van der Waals surface area contributed by atoms with Crippen molar-refractivity contribution in [3.63, 3.8) is 0 Å². The lowest BCUT2D eigenvalue weighted by molar-refractivity contribution is 0.314. The van der Waals surface area contributed by atoms with Gasteiger partial charge in [0.1, 0.15) is 5.65 Å². The Kier molecular flexibility index (Phi) is 3.08. The molecular formula is C15H21N3. The van der Waals surface area contributed by atoms with Gasteiger partial charge in [0.15, 0.2) is 0 Å². The number of imidazole rings is 1. The van der Waals surface area contributed by atoms with E-state index in [1.807, 2.05) is 24.4 Å². The second-order valence-electron chi connectivity index (χ2n) is 5.82. The summed E-state index contributed by atoms with van der Waals surface area (Å²) in [6, 6.07) is 6.10. The Balaban J connectivity index is 1.59. The van der Waals surface area contributed by atoms with E-state index in [2.05, 4.69) is 27.8 Å². The first-order valence-corrected chi connectivity index (χ1v) is 6.89. The third-order valence-corrected chi connectivity index (χ3v) is 4.08. The molecule has 0 radical (unpaired) electrons. The summed E-state index contributed by atoms with van der Waals surface area (Å²) in [6.07, 6.45) is 9.68. The number of nitrogens with one attached hydrogen (secondary N) is 1. The number of rotatable bonds is 4. The fraction of sp³-hybridized carbons (Fsp3) is 0.533. The Hall–Kier alpha value is -1.35. The first-order valence-electron chi connectivity index (χ1n) is 6.89. The predicted molar refractivity (Wildman–Crippen MR) is 73.5 cm³/mol. The van der Waals surface area contributed by atoms with Crippen molar-refractivity contribution in [1.29, 1.82) is 0 Å². The zero-order valence-electron chi connectivity index (χ0n) is 11.0. The average Bonchev–Trinajstić information content (AvgIpc) is 2.95. The summed E-state index contributed by atoms with van der Waals surface area (Å²) < 4.78 is 2.08.